The van der Waals surface area contributed by atoms with Crippen LogP contribution in [0.5, 0.6) is 5.75 Å². The molecule has 1 N–H and O–H groups in total. The lowest BCUT2D eigenvalue weighted by molar-refractivity contribution is 0.113. The number of rotatable bonds is 5. The Kier molecular flexibility index (Phi) is 5.93. The van der Waals surface area contributed by atoms with E-state index in [0.717, 1.165) is 12.1 Å². The molecule has 32 heavy (non-hydrogen) atoms. The van der Waals surface area contributed by atoms with Crippen molar-refractivity contribution in [2.75, 3.05) is 6.61 Å². The second-order valence-electron chi connectivity index (χ2n) is 8.85. The number of hydrogen-bond acceptors (Lipinski definition) is 5. The molecule has 0 spiro atoms. The van der Waals surface area contributed by atoms with E-state index in [1.54, 1.807) is 11.9 Å². The van der Waals surface area contributed by atoms with E-state index in [9.17, 15) is 12.8 Å². The maximum Gasteiger partial charge on any atom is 0.188 e. The number of fused-ring (bicyclic) bond motifs is 3. The molecule has 0 amide bonds. The van der Waals surface area contributed by atoms with E-state index in [2.05, 4.69) is 4.72 Å². The minimum Gasteiger partial charge on any atom is -0.490 e. The third-order valence-electron chi connectivity index (χ3n) is 7.06. The molecule has 0 saturated heterocycles. The van der Waals surface area contributed by atoms with Gasteiger partial charge in [-0.1, -0.05) is 30.0 Å². The van der Waals surface area contributed by atoms with Crippen molar-refractivity contribution >= 4 is 33.4 Å². The van der Waals surface area contributed by atoms with Crippen molar-refractivity contribution < 1.29 is 21.9 Å². The largest absolute Gasteiger partial charge is 0.490 e. The van der Waals surface area contributed by atoms with E-state index < -0.39 is 32.1 Å². The molecule has 2 aromatic rings. The van der Waals surface area contributed by atoms with Gasteiger partial charge in [0.15, 0.2) is 21.4 Å². The Bertz CT molecular complexity index is 1120. The minimum absolute atomic E-state index is 0.0203. The summed E-state index contributed by atoms with van der Waals surface area (Å²) in [5.74, 6) is -2.29. The molecule has 0 aromatic heterocycles. The van der Waals surface area contributed by atoms with Gasteiger partial charge in [-0.2, -0.15) is 0 Å². The standard InChI is InChI=1S/C23H24ClF2NO3S2/c24-15-4-6-18(7-5-15)32(28,29)23-11-10-16(27-31-17-2-1-3-17)12-14(23)13-30-22-20(26)9-8-19(25)21(22)23/h4-9,14,16-17,27H,1-3,10-13H2/t14-,16-,23+/m1/s1. The van der Waals surface area contributed by atoms with Gasteiger partial charge >= 0.3 is 0 Å². The Morgan fingerprint density at radius 1 is 1.06 bits per heavy atom. The van der Waals surface area contributed by atoms with Crippen molar-refractivity contribution in [3.05, 3.63) is 58.6 Å². The summed E-state index contributed by atoms with van der Waals surface area (Å²) in [5.41, 5.74) is -0.172. The summed E-state index contributed by atoms with van der Waals surface area (Å²) in [4.78, 5) is 0.0543. The molecule has 1 heterocycles. The fourth-order valence-corrected chi connectivity index (χ4v) is 8.79. The molecular weight excluding hydrogens is 476 g/mol. The fraction of sp³-hybridized carbons (Fsp3) is 0.478. The molecule has 172 valence electrons. The van der Waals surface area contributed by atoms with Crippen LogP contribution in [0.3, 0.4) is 0 Å². The van der Waals surface area contributed by atoms with Gasteiger partial charge in [0.1, 0.15) is 10.6 Å². The van der Waals surface area contributed by atoms with Gasteiger partial charge in [-0.05, 0) is 68.5 Å². The van der Waals surface area contributed by atoms with E-state index in [1.807, 2.05) is 0 Å². The molecule has 0 bridgehead atoms. The molecule has 9 heteroatoms. The lowest BCUT2D eigenvalue weighted by Crippen LogP contribution is -2.54. The molecule has 4 nitrogen and oxygen atoms in total. The second kappa shape index (κ2) is 8.46. The number of nitrogens with one attached hydrogen (secondary N) is 1. The van der Waals surface area contributed by atoms with Gasteiger partial charge < -0.3 is 4.74 Å². The Morgan fingerprint density at radius 2 is 1.78 bits per heavy atom. The summed E-state index contributed by atoms with van der Waals surface area (Å²) in [6.07, 6.45) is 4.83. The highest BCUT2D eigenvalue weighted by Gasteiger charge is 2.59. The van der Waals surface area contributed by atoms with Crippen molar-refractivity contribution in [1.29, 1.82) is 0 Å². The van der Waals surface area contributed by atoms with Crippen molar-refractivity contribution in [2.45, 2.75) is 59.5 Å². The Labute approximate surface area is 196 Å². The van der Waals surface area contributed by atoms with E-state index >= 15 is 4.39 Å². The second-order valence-corrected chi connectivity index (χ2v) is 12.6. The number of benzene rings is 2. The highest BCUT2D eigenvalue weighted by Crippen LogP contribution is 2.56. The third kappa shape index (κ3) is 3.54. The van der Waals surface area contributed by atoms with Crippen molar-refractivity contribution in [2.24, 2.45) is 5.92 Å². The highest BCUT2D eigenvalue weighted by atomic mass is 35.5. The number of ether oxygens (including phenoxy) is 1. The van der Waals surface area contributed by atoms with Crippen LogP contribution in [0.25, 0.3) is 0 Å². The first kappa shape index (κ1) is 22.4. The van der Waals surface area contributed by atoms with Crippen LogP contribution in [-0.4, -0.2) is 26.3 Å². The van der Waals surface area contributed by atoms with Gasteiger partial charge in [0.05, 0.1) is 17.1 Å². The first-order valence-electron chi connectivity index (χ1n) is 10.9. The normalized spacial score (nSPS) is 27.7. The summed E-state index contributed by atoms with van der Waals surface area (Å²) in [7, 11) is -4.08. The number of halogens is 3. The predicted molar refractivity (Wildman–Crippen MR) is 122 cm³/mol. The Hall–Kier alpha value is -1.35. The van der Waals surface area contributed by atoms with Gasteiger partial charge in [0, 0.05) is 22.2 Å². The lowest BCUT2D eigenvalue weighted by Gasteiger charge is -2.49. The first-order valence-corrected chi connectivity index (χ1v) is 13.6. The van der Waals surface area contributed by atoms with Crippen LogP contribution >= 0.6 is 23.5 Å². The van der Waals surface area contributed by atoms with Gasteiger partial charge in [-0.25, -0.2) is 17.2 Å². The van der Waals surface area contributed by atoms with Crippen LogP contribution in [0.4, 0.5) is 8.78 Å². The van der Waals surface area contributed by atoms with Gasteiger partial charge in [0.2, 0.25) is 0 Å². The zero-order chi connectivity index (χ0) is 22.5. The van der Waals surface area contributed by atoms with Gasteiger partial charge in [-0.3, -0.25) is 4.72 Å². The van der Waals surface area contributed by atoms with Gasteiger partial charge in [-0.15, -0.1) is 0 Å². The van der Waals surface area contributed by atoms with Crippen molar-refractivity contribution in [3.63, 3.8) is 0 Å². The predicted octanol–water partition coefficient (Wildman–Crippen LogP) is 5.64. The summed E-state index contributed by atoms with van der Waals surface area (Å²) in [5, 5.41) is 0.998. The Morgan fingerprint density at radius 3 is 2.47 bits per heavy atom. The van der Waals surface area contributed by atoms with E-state index in [0.29, 0.717) is 23.1 Å². The van der Waals surface area contributed by atoms with E-state index in [1.165, 1.54) is 43.5 Å². The molecule has 1 aliphatic heterocycles. The van der Waals surface area contributed by atoms with Crippen LogP contribution in [0.2, 0.25) is 5.02 Å². The average molecular weight is 500 g/mol. The van der Waals surface area contributed by atoms with Crippen molar-refractivity contribution in [3.8, 4) is 5.75 Å². The molecule has 2 aromatic carbocycles. The molecule has 0 radical (unpaired) electrons. The molecule has 3 atom stereocenters. The maximum atomic E-state index is 15.2. The summed E-state index contributed by atoms with van der Waals surface area (Å²) in [6, 6.07) is 7.95. The van der Waals surface area contributed by atoms with Gasteiger partial charge in [0.25, 0.3) is 0 Å². The zero-order valence-corrected chi connectivity index (χ0v) is 19.7. The van der Waals surface area contributed by atoms with E-state index in [-0.39, 0.29) is 35.3 Å². The topological polar surface area (TPSA) is 55.4 Å². The first-order chi connectivity index (χ1) is 15.3. The third-order valence-corrected chi connectivity index (χ3v) is 11.2. The van der Waals surface area contributed by atoms with Crippen molar-refractivity contribution in [1.82, 2.24) is 4.72 Å². The lowest BCUT2D eigenvalue weighted by atomic mass is 9.71. The molecule has 0 unspecified atom stereocenters. The monoisotopic (exact) mass is 499 g/mol. The number of sulfone groups is 1. The molecule has 3 aliphatic rings. The van der Waals surface area contributed by atoms with Crippen LogP contribution in [0.1, 0.15) is 44.1 Å². The molecule has 2 saturated carbocycles. The average Bonchev–Trinajstić information content (AvgIpc) is 2.74. The zero-order valence-electron chi connectivity index (χ0n) is 17.3. The van der Waals surface area contributed by atoms with Crippen LogP contribution < -0.4 is 9.46 Å². The number of hydrogen-bond donors (Lipinski definition) is 1. The molecule has 2 fully saturated rings. The highest BCUT2D eigenvalue weighted by molar-refractivity contribution is 7.98. The minimum atomic E-state index is -4.08. The van der Waals surface area contributed by atoms with Crippen LogP contribution in [0.15, 0.2) is 41.3 Å². The smallest absolute Gasteiger partial charge is 0.188 e. The SMILES string of the molecule is O=S(=O)(c1ccc(Cl)cc1)[C@@]12CC[C@@H](NSC3CCC3)C[C@@H]1COc1c(F)ccc(F)c12. The summed E-state index contributed by atoms with van der Waals surface area (Å²) < 4.78 is 65.6. The van der Waals surface area contributed by atoms with E-state index in [4.69, 9.17) is 16.3 Å². The Balaban J connectivity index is 1.58. The maximum absolute atomic E-state index is 15.2. The summed E-state index contributed by atoms with van der Waals surface area (Å²) in [6.45, 7) is 0.0203. The van der Waals surface area contributed by atoms with Crippen LogP contribution in [-0.2, 0) is 14.6 Å². The fourth-order valence-electron chi connectivity index (χ4n) is 5.13. The summed E-state index contributed by atoms with van der Waals surface area (Å²) >= 11 is 7.69. The molecular formula is C23H24ClF2NO3S2. The quantitative estimate of drug-likeness (QED) is 0.540. The molecule has 5 rings (SSSR count). The van der Waals surface area contributed by atoms with Crippen LogP contribution in [0, 0.1) is 17.6 Å². The molecule has 2 aliphatic carbocycles.